The van der Waals surface area contributed by atoms with Gasteiger partial charge in [0, 0.05) is 45.5 Å². The fourth-order valence-electron chi connectivity index (χ4n) is 4.75. The summed E-state index contributed by atoms with van der Waals surface area (Å²) in [6.45, 7) is 1.23. The number of fused-ring (bicyclic) bond motifs is 1. The summed E-state index contributed by atoms with van der Waals surface area (Å²) in [5.74, 6) is -3.12. The van der Waals surface area contributed by atoms with Crippen LogP contribution in [-0.2, 0) is 11.8 Å². The van der Waals surface area contributed by atoms with Crippen molar-refractivity contribution in [3.05, 3.63) is 65.9 Å². The van der Waals surface area contributed by atoms with E-state index in [4.69, 9.17) is 0 Å². The molecule has 5 heterocycles. The molecule has 0 atom stereocenters. The minimum absolute atomic E-state index is 0.0933. The van der Waals surface area contributed by atoms with Gasteiger partial charge in [-0.05, 0) is 22.6 Å². The Morgan fingerprint density at radius 1 is 1.07 bits per heavy atom. The molecule has 5 aromatic rings. The standard InChI is InChI=1S/C25H21FN10O4/c1-33-18(24(39)40)11-17(30-33)20-21-19(16(26)13-28-20)15(12-27-21)22(37)23(38)34-7-9-35(10-8-34)25-29-31-32-36(25)14-5-3-2-4-6-14/h2-6,11-13,27H,7-10H2,1H3,(H,39,40). The third kappa shape index (κ3) is 4.13. The highest BCUT2D eigenvalue weighted by Crippen LogP contribution is 2.30. The first kappa shape index (κ1) is 24.8. The number of aromatic nitrogens is 8. The molecule has 1 aromatic carbocycles. The number of benzene rings is 1. The Balaban J connectivity index is 1.22. The third-order valence-electron chi connectivity index (χ3n) is 6.75. The van der Waals surface area contributed by atoms with Crippen LogP contribution >= 0.6 is 0 Å². The lowest BCUT2D eigenvalue weighted by molar-refractivity contribution is -0.126. The van der Waals surface area contributed by atoms with Gasteiger partial charge in [-0.15, -0.1) is 0 Å². The molecular formula is C25H21FN10O4. The molecule has 0 radical (unpaired) electrons. The van der Waals surface area contributed by atoms with Crippen molar-refractivity contribution in [1.82, 2.24) is 44.9 Å². The van der Waals surface area contributed by atoms with Crippen molar-refractivity contribution < 1.29 is 23.9 Å². The number of tetrazole rings is 1. The maximum Gasteiger partial charge on any atom is 0.354 e. The number of aromatic amines is 1. The number of hydrogen-bond donors (Lipinski definition) is 2. The van der Waals surface area contributed by atoms with E-state index in [9.17, 15) is 23.9 Å². The maximum atomic E-state index is 14.9. The van der Waals surface area contributed by atoms with E-state index in [1.54, 1.807) is 4.68 Å². The smallest absolute Gasteiger partial charge is 0.354 e. The lowest BCUT2D eigenvalue weighted by Gasteiger charge is -2.34. The molecule has 1 aliphatic rings. The number of carboxylic acid groups (broad SMARTS) is 1. The zero-order valence-corrected chi connectivity index (χ0v) is 21.0. The van der Waals surface area contributed by atoms with Crippen LogP contribution in [0.1, 0.15) is 20.8 Å². The first-order chi connectivity index (χ1) is 19.3. The summed E-state index contributed by atoms with van der Waals surface area (Å²) in [5, 5.41) is 25.3. The molecule has 0 spiro atoms. The van der Waals surface area contributed by atoms with Crippen LogP contribution in [0.3, 0.4) is 0 Å². The summed E-state index contributed by atoms with van der Waals surface area (Å²) in [6.07, 6.45) is 2.17. The third-order valence-corrected chi connectivity index (χ3v) is 6.75. The summed E-state index contributed by atoms with van der Waals surface area (Å²) in [4.78, 5) is 48.1. The first-order valence-electron chi connectivity index (χ1n) is 12.2. The van der Waals surface area contributed by atoms with E-state index in [1.807, 2.05) is 35.2 Å². The Hall–Kier alpha value is -5.47. The number of ketones is 1. The number of Topliss-reactive ketones (excluding diaryl/α,β-unsaturated/α-hetero) is 1. The first-order valence-corrected chi connectivity index (χ1v) is 12.2. The fourth-order valence-corrected chi connectivity index (χ4v) is 4.75. The molecule has 14 nitrogen and oxygen atoms in total. The van der Waals surface area contributed by atoms with Crippen LogP contribution in [0.25, 0.3) is 28.0 Å². The number of anilines is 1. The van der Waals surface area contributed by atoms with Gasteiger partial charge in [-0.2, -0.15) is 9.78 Å². The number of nitrogens with zero attached hydrogens (tertiary/aromatic N) is 9. The molecule has 1 aliphatic heterocycles. The largest absolute Gasteiger partial charge is 0.477 e. The Morgan fingerprint density at radius 3 is 2.52 bits per heavy atom. The van der Waals surface area contributed by atoms with Gasteiger partial charge in [0.1, 0.15) is 17.1 Å². The summed E-state index contributed by atoms with van der Waals surface area (Å²) < 4.78 is 17.7. The molecule has 0 bridgehead atoms. The molecule has 4 aromatic heterocycles. The van der Waals surface area contributed by atoms with Crippen molar-refractivity contribution >= 4 is 34.5 Å². The van der Waals surface area contributed by atoms with Gasteiger partial charge < -0.3 is 19.9 Å². The van der Waals surface area contributed by atoms with Crippen molar-refractivity contribution in [2.45, 2.75) is 0 Å². The Bertz CT molecular complexity index is 1770. The molecule has 1 fully saturated rings. The highest BCUT2D eigenvalue weighted by molar-refractivity contribution is 6.45. The van der Waals surface area contributed by atoms with E-state index in [-0.39, 0.29) is 46.6 Å². The van der Waals surface area contributed by atoms with Crippen LogP contribution in [-0.4, -0.2) is 93.8 Å². The molecule has 2 N–H and O–H groups in total. The molecule has 6 rings (SSSR count). The number of pyridine rings is 1. The number of carbonyl (C=O) groups is 3. The van der Waals surface area contributed by atoms with Gasteiger partial charge >= 0.3 is 5.97 Å². The van der Waals surface area contributed by atoms with E-state index in [0.717, 1.165) is 16.6 Å². The van der Waals surface area contributed by atoms with E-state index >= 15 is 0 Å². The van der Waals surface area contributed by atoms with Crippen LogP contribution in [0, 0.1) is 5.82 Å². The zero-order chi connectivity index (χ0) is 28.0. The van der Waals surface area contributed by atoms with E-state index in [0.29, 0.717) is 19.0 Å². The predicted molar refractivity (Wildman–Crippen MR) is 137 cm³/mol. The second kappa shape index (κ2) is 9.68. The summed E-state index contributed by atoms with van der Waals surface area (Å²) in [5.41, 5.74) is 0.997. The van der Waals surface area contributed by atoms with Crippen LogP contribution < -0.4 is 4.90 Å². The van der Waals surface area contributed by atoms with Crippen molar-refractivity contribution in [2.75, 3.05) is 31.1 Å². The number of piperazine rings is 1. The lowest BCUT2D eigenvalue weighted by atomic mass is 10.1. The predicted octanol–water partition coefficient (Wildman–Crippen LogP) is 1.31. The van der Waals surface area contributed by atoms with Crippen molar-refractivity contribution in [3.8, 4) is 17.1 Å². The topological polar surface area (TPSA) is 168 Å². The average Bonchev–Trinajstić information content (AvgIpc) is 3.72. The SMILES string of the molecule is Cn1nc(-c2ncc(F)c3c(C(=O)C(=O)N4CCN(c5nnnn5-c5ccccc5)CC4)c[nH]c23)cc1C(=O)O. The van der Waals surface area contributed by atoms with Crippen molar-refractivity contribution in [3.63, 3.8) is 0 Å². The van der Waals surface area contributed by atoms with Crippen LogP contribution in [0.4, 0.5) is 10.3 Å². The molecule has 0 saturated carbocycles. The highest BCUT2D eigenvalue weighted by atomic mass is 19.1. The van der Waals surface area contributed by atoms with Crippen molar-refractivity contribution in [1.29, 1.82) is 0 Å². The average molecular weight is 545 g/mol. The maximum absolute atomic E-state index is 14.9. The molecule has 0 aliphatic carbocycles. The quantitative estimate of drug-likeness (QED) is 0.235. The van der Waals surface area contributed by atoms with Crippen LogP contribution in [0.5, 0.6) is 0 Å². The minimum atomic E-state index is -1.19. The van der Waals surface area contributed by atoms with Gasteiger partial charge in [0.25, 0.3) is 11.7 Å². The van der Waals surface area contributed by atoms with E-state index in [1.165, 1.54) is 24.2 Å². The highest BCUT2D eigenvalue weighted by Gasteiger charge is 2.31. The van der Waals surface area contributed by atoms with Gasteiger partial charge in [0.15, 0.2) is 5.82 Å². The number of aromatic carboxylic acids is 1. The second-order valence-electron chi connectivity index (χ2n) is 9.09. The molecule has 1 amide bonds. The molecule has 1 saturated heterocycles. The van der Waals surface area contributed by atoms with E-state index < -0.39 is 23.5 Å². The van der Waals surface area contributed by atoms with Crippen LogP contribution in [0.2, 0.25) is 0 Å². The van der Waals surface area contributed by atoms with Crippen molar-refractivity contribution in [2.24, 2.45) is 7.05 Å². The Morgan fingerprint density at radius 2 is 1.82 bits per heavy atom. The van der Waals surface area contributed by atoms with Crippen LogP contribution in [0.15, 0.2) is 48.8 Å². The van der Waals surface area contributed by atoms with Gasteiger partial charge in [-0.3, -0.25) is 14.3 Å². The number of amides is 1. The van der Waals surface area contributed by atoms with E-state index in [2.05, 4.69) is 30.6 Å². The number of carbonyl (C=O) groups excluding carboxylic acids is 2. The van der Waals surface area contributed by atoms with Gasteiger partial charge in [0.05, 0.1) is 28.4 Å². The fraction of sp³-hybridized carbons (Fsp3) is 0.200. The number of halogens is 1. The Kier molecular flexibility index (Phi) is 6.01. The van der Waals surface area contributed by atoms with Gasteiger partial charge in [0.2, 0.25) is 5.95 Å². The molecule has 40 heavy (non-hydrogen) atoms. The number of hydrogen-bond acceptors (Lipinski definition) is 9. The molecular weight excluding hydrogens is 523 g/mol. The summed E-state index contributed by atoms with van der Waals surface area (Å²) in [7, 11) is 1.46. The van der Waals surface area contributed by atoms with Gasteiger partial charge in [-0.25, -0.2) is 14.2 Å². The monoisotopic (exact) mass is 544 g/mol. The normalized spacial score (nSPS) is 13.7. The molecule has 15 heteroatoms. The zero-order valence-electron chi connectivity index (χ0n) is 21.0. The Labute approximate surface area is 224 Å². The number of carboxylic acids is 1. The minimum Gasteiger partial charge on any atom is -0.477 e. The number of rotatable bonds is 6. The molecule has 202 valence electrons. The number of aryl methyl sites for hydroxylation is 1. The second-order valence-corrected chi connectivity index (χ2v) is 9.09. The molecule has 0 unspecified atom stereocenters. The summed E-state index contributed by atoms with van der Waals surface area (Å²) >= 11 is 0. The number of para-hydroxylation sites is 1. The van der Waals surface area contributed by atoms with Gasteiger partial charge in [-0.1, -0.05) is 23.3 Å². The number of nitrogens with one attached hydrogen (secondary N) is 1. The summed E-state index contributed by atoms with van der Waals surface area (Å²) in [6, 6.07) is 10.7. The lowest BCUT2D eigenvalue weighted by Crippen LogP contribution is -2.51. The number of H-pyrrole nitrogens is 1.